The Hall–Kier alpha value is -1.39. The van der Waals surface area contributed by atoms with Crippen LogP contribution in [0.4, 0.5) is 0 Å². The van der Waals surface area contributed by atoms with Crippen molar-refractivity contribution < 1.29 is 9.90 Å². The minimum absolute atomic E-state index is 0.234. The van der Waals surface area contributed by atoms with Crippen LogP contribution in [0.25, 0.3) is 0 Å². The van der Waals surface area contributed by atoms with Gasteiger partial charge in [0.15, 0.2) is 0 Å². The van der Waals surface area contributed by atoms with Gasteiger partial charge in [-0.3, -0.25) is 4.79 Å². The number of amides is 1. The van der Waals surface area contributed by atoms with Gasteiger partial charge in [0, 0.05) is 12.1 Å². The summed E-state index contributed by atoms with van der Waals surface area (Å²) in [5.41, 5.74) is 8.28. The minimum atomic E-state index is -0.882. The van der Waals surface area contributed by atoms with E-state index in [2.05, 4.69) is 24.4 Å². The number of aliphatic hydroxyl groups is 1. The van der Waals surface area contributed by atoms with Crippen LogP contribution >= 0.6 is 0 Å². The van der Waals surface area contributed by atoms with Gasteiger partial charge in [0.2, 0.25) is 5.91 Å². The van der Waals surface area contributed by atoms with Crippen molar-refractivity contribution in [2.75, 3.05) is 6.54 Å². The van der Waals surface area contributed by atoms with Crippen molar-refractivity contribution in [3.05, 3.63) is 35.4 Å². The van der Waals surface area contributed by atoms with Crippen molar-refractivity contribution in [2.24, 2.45) is 5.73 Å². The highest BCUT2D eigenvalue weighted by Gasteiger charge is 2.18. The van der Waals surface area contributed by atoms with E-state index >= 15 is 0 Å². The molecule has 4 heteroatoms. The zero-order chi connectivity index (χ0) is 25.1. The van der Waals surface area contributed by atoms with Crippen molar-refractivity contribution in [1.29, 1.82) is 0 Å². The van der Waals surface area contributed by atoms with Gasteiger partial charge in [-0.1, -0.05) is 121 Å². The molecule has 0 aliphatic heterocycles. The van der Waals surface area contributed by atoms with E-state index in [0.717, 1.165) is 31.2 Å². The zero-order valence-corrected chi connectivity index (χ0v) is 22.5. The van der Waals surface area contributed by atoms with Crippen LogP contribution in [0.2, 0.25) is 0 Å². The molecule has 1 atom stereocenters. The maximum absolute atomic E-state index is 12.2. The fraction of sp³-hybridized carbons (Fsp3) is 0.767. The maximum Gasteiger partial charge on any atom is 0.248 e. The van der Waals surface area contributed by atoms with E-state index < -0.39 is 6.10 Å². The summed E-state index contributed by atoms with van der Waals surface area (Å²) < 4.78 is 0. The Bertz CT molecular complexity index is 639. The molecule has 0 aliphatic rings. The molecule has 1 unspecified atom stereocenters. The quantitative estimate of drug-likeness (QED) is 0.165. The van der Waals surface area contributed by atoms with Gasteiger partial charge in [0.05, 0.1) is 0 Å². The second-order valence-electron chi connectivity index (χ2n) is 10.7. The molecule has 0 heterocycles. The molecule has 1 amide bonds. The molecule has 0 aromatic heterocycles. The first-order chi connectivity index (χ1) is 16.4. The van der Waals surface area contributed by atoms with Gasteiger partial charge < -0.3 is 16.2 Å². The standard InChI is InChI=1S/C30H54N2O2/c1-4-5-6-7-8-9-10-11-12-13-14-15-16-17-24-28(33)29(34)32-25-20-22-26-21-18-19-23-27(26)30(2,3)31/h18-19,21,23,28,33H,4-17,20,22,24-25,31H2,1-3H3,(H,32,34). The molecule has 0 saturated heterocycles. The van der Waals surface area contributed by atoms with Crippen LogP contribution in [0, 0.1) is 0 Å². The number of hydrogen-bond donors (Lipinski definition) is 3. The third kappa shape index (κ3) is 14.8. The summed E-state index contributed by atoms with van der Waals surface area (Å²) in [6.07, 6.45) is 19.7. The number of aliphatic hydroxyl groups excluding tert-OH is 1. The number of aryl methyl sites for hydroxylation is 1. The van der Waals surface area contributed by atoms with E-state index in [1.807, 2.05) is 26.0 Å². The highest BCUT2D eigenvalue weighted by Crippen LogP contribution is 2.22. The average Bonchev–Trinajstić information content (AvgIpc) is 2.81. The molecular weight excluding hydrogens is 420 g/mol. The lowest BCUT2D eigenvalue weighted by Gasteiger charge is -2.23. The monoisotopic (exact) mass is 474 g/mol. The molecule has 0 saturated carbocycles. The number of carbonyl (C=O) groups excluding carboxylic acids is 1. The first kappa shape index (κ1) is 30.6. The van der Waals surface area contributed by atoms with E-state index in [1.54, 1.807) is 0 Å². The van der Waals surface area contributed by atoms with Crippen molar-refractivity contribution in [1.82, 2.24) is 5.32 Å². The second kappa shape index (κ2) is 18.9. The molecule has 196 valence electrons. The number of rotatable bonds is 21. The Morgan fingerprint density at radius 2 is 1.35 bits per heavy atom. The first-order valence-electron chi connectivity index (χ1n) is 14.2. The fourth-order valence-corrected chi connectivity index (χ4v) is 4.64. The molecule has 1 aromatic carbocycles. The summed E-state index contributed by atoms with van der Waals surface area (Å²) in [7, 11) is 0. The summed E-state index contributed by atoms with van der Waals surface area (Å²) in [5.74, 6) is -0.234. The van der Waals surface area contributed by atoms with Crippen LogP contribution in [-0.2, 0) is 16.8 Å². The summed E-state index contributed by atoms with van der Waals surface area (Å²) >= 11 is 0. The lowest BCUT2D eigenvalue weighted by atomic mass is 9.89. The van der Waals surface area contributed by atoms with Crippen molar-refractivity contribution in [3.63, 3.8) is 0 Å². The molecule has 34 heavy (non-hydrogen) atoms. The maximum atomic E-state index is 12.2. The Kier molecular flexibility index (Phi) is 17.0. The summed E-state index contributed by atoms with van der Waals surface area (Å²) in [6, 6.07) is 8.23. The topological polar surface area (TPSA) is 75.3 Å². The summed E-state index contributed by atoms with van der Waals surface area (Å²) in [4.78, 5) is 12.2. The van der Waals surface area contributed by atoms with E-state index in [0.29, 0.717) is 13.0 Å². The predicted octanol–water partition coefficient (Wildman–Crippen LogP) is 7.16. The second-order valence-corrected chi connectivity index (χ2v) is 10.7. The Morgan fingerprint density at radius 1 is 0.853 bits per heavy atom. The first-order valence-corrected chi connectivity index (χ1v) is 14.2. The lowest BCUT2D eigenvalue weighted by molar-refractivity contribution is -0.129. The van der Waals surface area contributed by atoms with Gasteiger partial charge in [-0.15, -0.1) is 0 Å². The number of nitrogens with two attached hydrogens (primary N) is 1. The summed E-state index contributed by atoms with van der Waals surface area (Å²) in [6.45, 7) is 6.88. The van der Waals surface area contributed by atoms with Gasteiger partial charge in [0.25, 0.3) is 0 Å². The van der Waals surface area contributed by atoms with Crippen molar-refractivity contribution in [3.8, 4) is 0 Å². The van der Waals surface area contributed by atoms with Crippen molar-refractivity contribution >= 4 is 5.91 Å². The molecule has 1 aromatic rings. The summed E-state index contributed by atoms with van der Waals surface area (Å²) in [5, 5.41) is 13.0. The normalized spacial score (nSPS) is 12.6. The van der Waals surface area contributed by atoms with Gasteiger partial charge >= 0.3 is 0 Å². The molecule has 4 N–H and O–H groups in total. The number of unbranched alkanes of at least 4 members (excludes halogenated alkanes) is 13. The van der Waals surface area contributed by atoms with E-state index in [-0.39, 0.29) is 11.4 Å². The van der Waals surface area contributed by atoms with Crippen LogP contribution in [-0.4, -0.2) is 23.7 Å². The Balaban J connectivity index is 1.99. The molecule has 0 bridgehead atoms. The zero-order valence-electron chi connectivity index (χ0n) is 22.5. The molecule has 0 radical (unpaired) electrons. The van der Waals surface area contributed by atoms with Gasteiger partial charge in [0.1, 0.15) is 6.10 Å². The third-order valence-corrected chi connectivity index (χ3v) is 6.77. The number of benzene rings is 1. The van der Waals surface area contributed by atoms with Gasteiger partial charge in [-0.2, -0.15) is 0 Å². The predicted molar refractivity (Wildman–Crippen MR) is 146 cm³/mol. The van der Waals surface area contributed by atoms with Crippen LogP contribution in [0.1, 0.15) is 135 Å². The van der Waals surface area contributed by atoms with Gasteiger partial charge in [-0.25, -0.2) is 0 Å². The van der Waals surface area contributed by atoms with Gasteiger partial charge in [-0.05, 0) is 44.2 Å². The fourth-order valence-electron chi connectivity index (χ4n) is 4.64. The highest BCUT2D eigenvalue weighted by atomic mass is 16.3. The van der Waals surface area contributed by atoms with E-state index in [9.17, 15) is 9.90 Å². The Labute approximate surface area is 210 Å². The average molecular weight is 475 g/mol. The molecule has 0 aliphatic carbocycles. The van der Waals surface area contributed by atoms with Crippen LogP contribution in [0.3, 0.4) is 0 Å². The van der Waals surface area contributed by atoms with Crippen LogP contribution < -0.4 is 11.1 Å². The molecule has 0 spiro atoms. The Morgan fingerprint density at radius 3 is 1.88 bits per heavy atom. The lowest BCUT2D eigenvalue weighted by Crippen LogP contribution is -2.35. The minimum Gasteiger partial charge on any atom is -0.383 e. The third-order valence-electron chi connectivity index (χ3n) is 6.77. The van der Waals surface area contributed by atoms with Crippen LogP contribution in [0.15, 0.2) is 24.3 Å². The number of hydrogen-bond acceptors (Lipinski definition) is 3. The molecule has 0 fully saturated rings. The molecule has 1 rings (SSSR count). The number of nitrogens with one attached hydrogen (secondary N) is 1. The number of carbonyl (C=O) groups is 1. The SMILES string of the molecule is CCCCCCCCCCCCCCCCC(O)C(=O)NCCCc1ccccc1C(C)(C)N. The van der Waals surface area contributed by atoms with Crippen LogP contribution in [0.5, 0.6) is 0 Å². The highest BCUT2D eigenvalue weighted by molar-refractivity contribution is 5.80. The largest absolute Gasteiger partial charge is 0.383 e. The van der Waals surface area contributed by atoms with E-state index in [1.165, 1.54) is 82.6 Å². The van der Waals surface area contributed by atoms with E-state index in [4.69, 9.17) is 5.73 Å². The smallest absolute Gasteiger partial charge is 0.248 e. The molecular formula is C30H54N2O2. The molecule has 4 nitrogen and oxygen atoms in total. The van der Waals surface area contributed by atoms with Crippen molar-refractivity contribution in [2.45, 2.75) is 142 Å².